The van der Waals surface area contributed by atoms with Crippen LogP contribution in [0.4, 0.5) is 5.82 Å². The molecule has 0 aliphatic heterocycles. The van der Waals surface area contributed by atoms with E-state index in [4.69, 9.17) is 5.73 Å². The van der Waals surface area contributed by atoms with Crippen LogP contribution >= 0.6 is 15.9 Å². The summed E-state index contributed by atoms with van der Waals surface area (Å²) in [5.74, 6) is 0.731. The third-order valence-electron chi connectivity index (χ3n) is 2.43. The zero-order chi connectivity index (χ0) is 10.6. The van der Waals surface area contributed by atoms with Gasteiger partial charge in [0.05, 0.1) is 16.7 Å². The summed E-state index contributed by atoms with van der Waals surface area (Å²) in [4.78, 5) is 0. The maximum absolute atomic E-state index is 5.86. The van der Waals surface area contributed by atoms with Crippen molar-refractivity contribution in [2.45, 2.75) is 45.6 Å². The van der Waals surface area contributed by atoms with E-state index in [0.29, 0.717) is 6.04 Å². The molecule has 0 saturated heterocycles. The molecule has 1 rings (SSSR count). The third kappa shape index (κ3) is 2.74. The molecule has 1 unspecified atom stereocenters. The second kappa shape index (κ2) is 5.39. The molecular formula is C10H18BrN3. The Bertz CT molecular complexity index is 283. The quantitative estimate of drug-likeness (QED) is 0.825. The first-order chi connectivity index (χ1) is 6.66. The summed E-state index contributed by atoms with van der Waals surface area (Å²) in [5, 5.41) is 4.24. The summed E-state index contributed by atoms with van der Waals surface area (Å²) in [6.07, 6.45) is 6.68. The van der Waals surface area contributed by atoms with Gasteiger partial charge < -0.3 is 5.73 Å². The first-order valence-corrected chi connectivity index (χ1v) is 5.94. The Balaban J connectivity index is 2.52. The maximum Gasteiger partial charge on any atom is 0.136 e. The molecule has 4 heteroatoms. The van der Waals surface area contributed by atoms with Crippen molar-refractivity contribution in [3.8, 4) is 0 Å². The van der Waals surface area contributed by atoms with Crippen molar-refractivity contribution in [1.29, 1.82) is 0 Å². The van der Waals surface area contributed by atoms with E-state index in [1.807, 2.05) is 4.68 Å². The fraction of sp³-hybridized carbons (Fsp3) is 0.700. The van der Waals surface area contributed by atoms with Crippen LogP contribution in [-0.2, 0) is 0 Å². The van der Waals surface area contributed by atoms with Crippen LogP contribution < -0.4 is 5.73 Å². The molecule has 0 spiro atoms. The minimum absolute atomic E-state index is 0.396. The average Bonchev–Trinajstić information content (AvgIpc) is 2.48. The number of nitrogens with two attached hydrogens (primary N) is 1. The van der Waals surface area contributed by atoms with Crippen molar-refractivity contribution >= 4 is 21.7 Å². The Morgan fingerprint density at radius 1 is 1.57 bits per heavy atom. The van der Waals surface area contributed by atoms with Gasteiger partial charge in [-0.25, -0.2) is 4.68 Å². The van der Waals surface area contributed by atoms with Crippen molar-refractivity contribution in [2.24, 2.45) is 0 Å². The fourth-order valence-electron chi connectivity index (χ4n) is 1.51. The van der Waals surface area contributed by atoms with Crippen molar-refractivity contribution in [1.82, 2.24) is 9.78 Å². The zero-order valence-corrected chi connectivity index (χ0v) is 10.4. The van der Waals surface area contributed by atoms with Crippen LogP contribution in [0.15, 0.2) is 10.7 Å². The molecule has 0 saturated carbocycles. The molecule has 0 amide bonds. The summed E-state index contributed by atoms with van der Waals surface area (Å²) in [7, 11) is 0. The lowest BCUT2D eigenvalue weighted by molar-refractivity contribution is 0.444. The average molecular weight is 260 g/mol. The summed E-state index contributed by atoms with van der Waals surface area (Å²) < 4.78 is 2.78. The number of unbranched alkanes of at least 4 members (excludes halogenated alkanes) is 2. The second-order valence-electron chi connectivity index (χ2n) is 3.67. The van der Waals surface area contributed by atoms with Crippen molar-refractivity contribution in [3.63, 3.8) is 0 Å². The first kappa shape index (κ1) is 11.6. The standard InChI is InChI=1S/C10H18BrN3/c1-3-4-5-6-8(2)14-10(12)9(11)7-13-14/h7-8H,3-6,12H2,1-2H3. The minimum atomic E-state index is 0.396. The van der Waals surface area contributed by atoms with Crippen LogP contribution in [0.3, 0.4) is 0 Å². The fourth-order valence-corrected chi connectivity index (χ4v) is 1.79. The Morgan fingerprint density at radius 2 is 2.29 bits per heavy atom. The van der Waals surface area contributed by atoms with Gasteiger partial charge in [-0.15, -0.1) is 0 Å². The molecule has 0 aliphatic carbocycles. The van der Waals surface area contributed by atoms with Crippen LogP contribution in [-0.4, -0.2) is 9.78 Å². The summed E-state index contributed by atoms with van der Waals surface area (Å²) in [5.41, 5.74) is 5.86. The number of rotatable bonds is 5. The van der Waals surface area contributed by atoms with Gasteiger partial charge in [0.1, 0.15) is 5.82 Å². The van der Waals surface area contributed by atoms with Gasteiger partial charge in [-0.1, -0.05) is 26.2 Å². The van der Waals surface area contributed by atoms with E-state index in [0.717, 1.165) is 16.7 Å². The predicted octanol–water partition coefficient (Wildman–Crippen LogP) is 3.37. The van der Waals surface area contributed by atoms with Crippen LogP contribution in [0.5, 0.6) is 0 Å². The van der Waals surface area contributed by atoms with Crippen molar-refractivity contribution < 1.29 is 0 Å². The van der Waals surface area contributed by atoms with Crippen molar-refractivity contribution in [2.75, 3.05) is 5.73 Å². The normalized spacial score (nSPS) is 13.1. The van der Waals surface area contributed by atoms with Gasteiger partial charge in [-0.05, 0) is 29.3 Å². The van der Waals surface area contributed by atoms with Gasteiger partial charge in [-0.2, -0.15) is 5.10 Å². The molecule has 1 aromatic rings. The maximum atomic E-state index is 5.86. The highest BCUT2D eigenvalue weighted by Gasteiger charge is 2.10. The van der Waals surface area contributed by atoms with E-state index in [-0.39, 0.29) is 0 Å². The third-order valence-corrected chi connectivity index (χ3v) is 3.04. The topological polar surface area (TPSA) is 43.8 Å². The molecule has 0 radical (unpaired) electrons. The van der Waals surface area contributed by atoms with Gasteiger partial charge >= 0.3 is 0 Å². The summed E-state index contributed by atoms with van der Waals surface area (Å²) in [6.45, 7) is 4.37. The number of hydrogen-bond donors (Lipinski definition) is 1. The van der Waals surface area contributed by atoms with Gasteiger partial charge in [0.25, 0.3) is 0 Å². The largest absolute Gasteiger partial charge is 0.383 e. The highest BCUT2D eigenvalue weighted by Crippen LogP contribution is 2.24. The van der Waals surface area contributed by atoms with E-state index in [1.54, 1.807) is 6.20 Å². The Labute approximate surface area is 93.8 Å². The van der Waals surface area contributed by atoms with Crippen LogP contribution in [0.2, 0.25) is 0 Å². The molecule has 0 fully saturated rings. The molecule has 1 atom stereocenters. The van der Waals surface area contributed by atoms with E-state index in [9.17, 15) is 0 Å². The Hall–Kier alpha value is -0.510. The number of anilines is 1. The summed E-state index contributed by atoms with van der Waals surface area (Å²) in [6, 6.07) is 0.396. The summed E-state index contributed by atoms with van der Waals surface area (Å²) >= 11 is 3.36. The van der Waals surface area contributed by atoms with Crippen LogP contribution in [0.1, 0.15) is 45.6 Å². The van der Waals surface area contributed by atoms with Gasteiger partial charge in [0.2, 0.25) is 0 Å². The molecule has 14 heavy (non-hydrogen) atoms. The second-order valence-corrected chi connectivity index (χ2v) is 4.52. The molecule has 2 N–H and O–H groups in total. The van der Waals surface area contributed by atoms with Gasteiger partial charge in [0.15, 0.2) is 0 Å². The molecule has 1 aromatic heterocycles. The Kier molecular flexibility index (Phi) is 4.45. The predicted molar refractivity (Wildman–Crippen MR) is 63.2 cm³/mol. The molecule has 80 valence electrons. The molecular weight excluding hydrogens is 242 g/mol. The zero-order valence-electron chi connectivity index (χ0n) is 8.83. The lowest BCUT2D eigenvalue weighted by Gasteiger charge is -2.13. The van der Waals surface area contributed by atoms with Gasteiger partial charge in [0, 0.05) is 0 Å². The number of nitrogens with zero attached hydrogens (tertiary/aromatic N) is 2. The SMILES string of the molecule is CCCCCC(C)n1ncc(Br)c1N. The van der Waals surface area contributed by atoms with Crippen LogP contribution in [0.25, 0.3) is 0 Å². The smallest absolute Gasteiger partial charge is 0.136 e. The molecule has 0 aliphatic rings. The van der Waals surface area contributed by atoms with E-state index < -0.39 is 0 Å². The van der Waals surface area contributed by atoms with E-state index in [1.165, 1.54) is 19.3 Å². The number of nitrogen functional groups attached to an aromatic ring is 1. The highest BCUT2D eigenvalue weighted by molar-refractivity contribution is 9.10. The van der Waals surface area contributed by atoms with Crippen molar-refractivity contribution in [3.05, 3.63) is 10.7 Å². The molecule has 0 aromatic carbocycles. The number of aromatic nitrogens is 2. The highest BCUT2D eigenvalue weighted by atomic mass is 79.9. The lowest BCUT2D eigenvalue weighted by Crippen LogP contribution is -2.10. The number of hydrogen-bond acceptors (Lipinski definition) is 2. The molecule has 0 bridgehead atoms. The molecule has 3 nitrogen and oxygen atoms in total. The van der Waals surface area contributed by atoms with E-state index in [2.05, 4.69) is 34.9 Å². The van der Waals surface area contributed by atoms with Crippen LogP contribution in [0, 0.1) is 0 Å². The lowest BCUT2D eigenvalue weighted by atomic mass is 10.1. The Morgan fingerprint density at radius 3 is 2.79 bits per heavy atom. The van der Waals surface area contributed by atoms with Gasteiger partial charge in [-0.3, -0.25) is 0 Å². The first-order valence-electron chi connectivity index (χ1n) is 5.15. The molecule has 1 heterocycles. The van der Waals surface area contributed by atoms with E-state index >= 15 is 0 Å². The monoisotopic (exact) mass is 259 g/mol. The minimum Gasteiger partial charge on any atom is -0.383 e. The number of halogens is 1.